The highest BCUT2D eigenvalue weighted by Gasteiger charge is 2.35. The number of anilines is 1. The van der Waals surface area contributed by atoms with Gasteiger partial charge in [-0.05, 0) is 71.4 Å². The zero-order valence-corrected chi connectivity index (χ0v) is 21.6. The number of ether oxygens (including phenoxy) is 2. The molecule has 0 radical (unpaired) electrons. The van der Waals surface area contributed by atoms with E-state index in [0.717, 1.165) is 55.5 Å². The SMILES string of the molecule is COc1cc2c(C3CCN(C)CC3)nc(N3CCC(F)(F)CC3)nc2cc1OCCCN1CCCC1. The molecule has 0 aliphatic carbocycles. The van der Waals surface area contributed by atoms with Crippen molar-refractivity contribution in [2.45, 2.75) is 56.8 Å². The van der Waals surface area contributed by atoms with Crippen LogP contribution >= 0.6 is 0 Å². The van der Waals surface area contributed by atoms with Gasteiger partial charge in [0.25, 0.3) is 5.92 Å². The van der Waals surface area contributed by atoms with Crippen LogP contribution in [0, 0.1) is 0 Å². The van der Waals surface area contributed by atoms with E-state index in [-0.39, 0.29) is 25.9 Å². The third-order valence-electron chi connectivity index (χ3n) is 7.96. The van der Waals surface area contributed by atoms with Gasteiger partial charge in [-0.3, -0.25) is 0 Å². The molecule has 0 saturated carbocycles. The third-order valence-corrected chi connectivity index (χ3v) is 7.96. The highest BCUT2D eigenvalue weighted by Crippen LogP contribution is 2.39. The van der Waals surface area contributed by atoms with Crippen LogP contribution in [-0.4, -0.2) is 92.3 Å². The molecule has 0 unspecified atom stereocenters. The molecule has 3 aliphatic heterocycles. The molecule has 3 fully saturated rings. The number of hydrogen-bond donors (Lipinski definition) is 0. The Balaban J connectivity index is 1.43. The number of piperidine rings is 2. The van der Waals surface area contributed by atoms with Crippen LogP contribution in [0.1, 0.15) is 56.6 Å². The summed E-state index contributed by atoms with van der Waals surface area (Å²) in [6.07, 6.45) is 5.23. The fraction of sp³-hybridized carbons (Fsp3) is 0.704. The third kappa shape index (κ3) is 5.83. The molecule has 0 amide bonds. The van der Waals surface area contributed by atoms with Gasteiger partial charge in [0.2, 0.25) is 5.95 Å². The average Bonchev–Trinajstić information content (AvgIpc) is 3.39. The number of fused-ring (bicyclic) bond motifs is 1. The maximum Gasteiger partial charge on any atom is 0.251 e. The van der Waals surface area contributed by atoms with Gasteiger partial charge in [0.1, 0.15) is 0 Å². The first kappa shape index (κ1) is 25.4. The lowest BCUT2D eigenvalue weighted by atomic mass is 9.91. The molecular weight excluding hydrogens is 464 g/mol. The van der Waals surface area contributed by atoms with Crippen molar-refractivity contribution in [2.24, 2.45) is 0 Å². The predicted octanol–water partition coefficient (Wildman–Crippen LogP) is 4.55. The Bertz CT molecular complexity index is 1030. The molecule has 3 aliphatic rings. The van der Waals surface area contributed by atoms with Crippen molar-refractivity contribution in [1.82, 2.24) is 19.8 Å². The quantitative estimate of drug-likeness (QED) is 0.490. The maximum atomic E-state index is 13.8. The Hall–Kier alpha value is -2.26. The van der Waals surface area contributed by atoms with Gasteiger partial charge in [-0.1, -0.05) is 0 Å². The molecule has 3 saturated heterocycles. The van der Waals surface area contributed by atoms with E-state index < -0.39 is 5.92 Å². The standard InChI is InChI=1S/C27H39F2N5O2/c1-32-13-6-20(7-14-32)25-21-18-23(35-2)24(36-17-5-12-33-10-3-4-11-33)19-22(21)30-26(31-25)34-15-8-27(28,29)9-16-34/h18-20H,3-17H2,1-2H3. The van der Waals surface area contributed by atoms with Gasteiger partial charge in [0.15, 0.2) is 11.5 Å². The minimum atomic E-state index is -2.60. The zero-order valence-electron chi connectivity index (χ0n) is 21.6. The highest BCUT2D eigenvalue weighted by molar-refractivity contribution is 5.86. The largest absolute Gasteiger partial charge is 0.493 e. The number of methoxy groups -OCH3 is 1. The number of rotatable bonds is 8. The first-order valence-electron chi connectivity index (χ1n) is 13.5. The van der Waals surface area contributed by atoms with Gasteiger partial charge in [-0.25, -0.2) is 18.7 Å². The molecular formula is C27H39F2N5O2. The van der Waals surface area contributed by atoms with Crippen molar-refractivity contribution in [1.29, 1.82) is 0 Å². The maximum absolute atomic E-state index is 13.8. The molecule has 5 rings (SSSR count). The highest BCUT2D eigenvalue weighted by atomic mass is 19.3. The van der Waals surface area contributed by atoms with Gasteiger partial charge in [0, 0.05) is 49.8 Å². The van der Waals surface area contributed by atoms with Gasteiger partial charge in [-0.2, -0.15) is 0 Å². The lowest BCUT2D eigenvalue weighted by Crippen LogP contribution is -2.40. The summed E-state index contributed by atoms with van der Waals surface area (Å²) >= 11 is 0. The van der Waals surface area contributed by atoms with E-state index in [1.165, 1.54) is 25.9 Å². The Labute approximate surface area is 212 Å². The van der Waals surface area contributed by atoms with Crippen molar-refractivity contribution in [3.05, 3.63) is 17.8 Å². The summed E-state index contributed by atoms with van der Waals surface area (Å²) in [7, 11) is 3.81. The summed E-state index contributed by atoms with van der Waals surface area (Å²) in [6, 6.07) is 3.96. The molecule has 0 bridgehead atoms. The normalized spacial score (nSPS) is 21.8. The number of nitrogens with zero attached hydrogens (tertiary/aromatic N) is 5. The van der Waals surface area contributed by atoms with Crippen LogP contribution in [-0.2, 0) is 0 Å². The Morgan fingerprint density at radius 3 is 2.39 bits per heavy atom. The van der Waals surface area contributed by atoms with Crippen molar-refractivity contribution in [3.63, 3.8) is 0 Å². The van der Waals surface area contributed by atoms with E-state index in [4.69, 9.17) is 19.4 Å². The first-order valence-corrected chi connectivity index (χ1v) is 13.5. The van der Waals surface area contributed by atoms with Crippen molar-refractivity contribution < 1.29 is 18.3 Å². The van der Waals surface area contributed by atoms with Crippen LogP contribution in [0.15, 0.2) is 12.1 Å². The van der Waals surface area contributed by atoms with Gasteiger partial charge < -0.3 is 24.2 Å². The zero-order chi connectivity index (χ0) is 25.1. The Morgan fingerprint density at radius 2 is 1.69 bits per heavy atom. The number of aromatic nitrogens is 2. The van der Waals surface area contributed by atoms with E-state index >= 15 is 0 Å². The smallest absolute Gasteiger partial charge is 0.251 e. The van der Waals surface area contributed by atoms with Crippen molar-refractivity contribution in [3.8, 4) is 11.5 Å². The molecule has 198 valence electrons. The number of likely N-dealkylation sites (tertiary alicyclic amines) is 2. The summed E-state index contributed by atoms with van der Waals surface area (Å²) in [4.78, 5) is 16.6. The molecule has 2 aromatic rings. The van der Waals surface area contributed by atoms with E-state index in [2.05, 4.69) is 16.8 Å². The van der Waals surface area contributed by atoms with E-state index in [9.17, 15) is 8.78 Å². The molecule has 0 spiro atoms. The summed E-state index contributed by atoms with van der Waals surface area (Å²) in [5, 5.41) is 0.969. The van der Waals surface area contributed by atoms with Crippen LogP contribution in [0.5, 0.6) is 11.5 Å². The molecule has 7 nitrogen and oxygen atoms in total. The Kier molecular flexibility index (Phi) is 7.76. The first-order chi connectivity index (χ1) is 17.4. The summed E-state index contributed by atoms with van der Waals surface area (Å²) < 4.78 is 39.6. The number of halogens is 2. The minimum absolute atomic E-state index is 0.161. The second kappa shape index (κ2) is 11.0. The molecule has 36 heavy (non-hydrogen) atoms. The summed E-state index contributed by atoms with van der Waals surface area (Å²) in [6.45, 7) is 6.57. The van der Waals surface area contributed by atoms with Gasteiger partial charge in [-0.15, -0.1) is 0 Å². The monoisotopic (exact) mass is 503 g/mol. The second-order valence-corrected chi connectivity index (χ2v) is 10.6. The fourth-order valence-electron chi connectivity index (χ4n) is 5.66. The second-order valence-electron chi connectivity index (χ2n) is 10.6. The van der Waals surface area contributed by atoms with E-state index in [1.54, 1.807) is 7.11 Å². The lowest BCUT2D eigenvalue weighted by Gasteiger charge is -2.33. The van der Waals surface area contributed by atoms with Crippen LogP contribution in [0.4, 0.5) is 14.7 Å². The fourth-order valence-corrected chi connectivity index (χ4v) is 5.66. The van der Waals surface area contributed by atoms with Gasteiger partial charge >= 0.3 is 0 Å². The van der Waals surface area contributed by atoms with Crippen LogP contribution in [0.2, 0.25) is 0 Å². The van der Waals surface area contributed by atoms with Crippen LogP contribution < -0.4 is 14.4 Å². The number of alkyl halides is 2. The molecule has 0 atom stereocenters. The van der Waals surface area contributed by atoms with Crippen LogP contribution in [0.3, 0.4) is 0 Å². The number of benzene rings is 1. The molecule has 1 aromatic heterocycles. The topological polar surface area (TPSA) is 54.0 Å². The predicted molar refractivity (Wildman–Crippen MR) is 138 cm³/mol. The molecule has 0 N–H and O–H groups in total. The number of hydrogen-bond acceptors (Lipinski definition) is 7. The summed E-state index contributed by atoms with van der Waals surface area (Å²) in [5.74, 6) is -0.388. The summed E-state index contributed by atoms with van der Waals surface area (Å²) in [5.41, 5.74) is 1.79. The van der Waals surface area contributed by atoms with Crippen molar-refractivity contribution >= 4 is 16.9 Å². The lowest BCUT2D eigenvalue weighted by molar-refractivity contribution is -0.0222. The molecule has 4 heterocycles. The molecule has 9 heteroatoms. The Morgan fingerprint density at radius 1 is 0.972 bits per heavy atom. The van der Waals surface area contributed by atoms with Crippen molar-refractivity contribution in [2.75, 3.05) is 71.5 Å². The minimum Gasteiger partial charge on any atom is -0.493 e. The average molecular weight is 504 g/mol. The molecule has 1 aromatic carbocycles. The van der Waals surface area contributed by atoms with E-state index in [1.807, 2.05) is 17.0 Å². The van der Waals surface area contributed by atoms with E-state index in [0.29, 0.717) is 30.0 Å². The van der Waals surface area contributed by atoms with Gasteiger partial charge in [0.05, 0.1) is 24.9 Å². The van der Waals surface area contributed by atoms with Crippen LogP contribution in [0.25, 0.3) is 10.9 Å².